The van der Waals surface area contributed by atoms with Crippen molar-refractivity contribution in [1.29, 1.82) is 0 Å². The monoisotopic (exact) mass is 236 g/mol. The summed E-state index contributed by atoms with van der Waals surface area (Å²) in [6.07, 6.45) is 3.56. The third-order valence-electron chi connectivity index (χ3n) is 3.44. The first-order valence-corrected chi connectivity index (χ1v) is 6.45. The van der Waals surface area contributed by atoms with Crippen LogP contribution in [0.5, 0.6) is 5.75 Å². The van der Waals surface area contributed by atoms with E-state index < -0.39 is 0 Å². The number of rotatable bonds is 2. The van der Waals surface area contributed by atoms with Crippen LogP contribution in [0.15, 0.2) is 18.2 Å². The van der Waals surface area contributed by atoms with Gasteiger partial charge in [-0.2, -0.15) is 0 Å². The minimum absolute atomic E-state index is 0.0532. The van der Waals surface area contributed by atoms with Crippen LogP contribution < -0.4 is 4.74 Å². The molecule has 1 unspecified atom stereocenters. The average molecular weight is 237 g/mol. The van der Waals surface area contributed by atoms with E-state index in [0.29, 0.717) is 5.92 Å². The normalized spacial score (nSPS) is 23.7. The van der Waals surface area contributed by atoms with E-state index in [4.69, 9.17) is 16.3 Å². The van der Waals surface area contributed by atoms with Gasteiger partial charge < -0.3 is 4.74 Å². The molecule has 1 aromatic rings. The molecule has 1 aliphatic heterocycles. The fourth-order valence-electron chi connectivity index (χ4n) is 2.46. The van der Waals surface area contributed by atoms with Gasteiger partial charge in [0.05, 0.1) is 5.38 Å². The molecule has 3 rings (SSSR count). The van der Waals surface area contributed by atoms with Crippen LogP contribution in [0.3, 0.4) is 0 Å². The molecular formula is C14H17ClO. The van der Waals surface area contributed by atoms with Crippen molar-refractivity contribution in [1.82, 2.24) is 0 Å². The van der Waals surface area contributed by atoms with Gasteiger partial charge in [0.1, 0.15) is 11.4 Å². The second-order valence-corrected chi connectivity index (χ2v) is 6.12. The maximum Gasteiger partial charge on any atom is 0.123 e. The van der Waals surface area contributed by atoms with Gasteiger partial charge in [-0.1, -0.05) is 12.1 Å². The van der Waals surface area contributed by atoms with Crippen molar-refractivity contribution in [3.05, 3.63) is 29.3 Å². The fraction of sp³-hybridized carbons (Fsp3) is 0.571. The molecule has 1 nitrogen and oxygen atoms in total. The number of ether oxygens (including phenoxy) is 1. The van der Waals surface area contributed by atoms with Gasteiger partial charge in [-0.05, 0) is 49.8 Å². The van der Waals surface area contributed by atoms with Gasteiger partial charge in [0, 0.05) is 6.42 Å². The molecule has 1 atom stereocenters. The summed E-state index contributed by atoms with van der Waals surface area (Å²) in [6, 6.07) is 6.44. The molecule has 16 heavy (non-hydrogen) atoms. The van der Waals surface area contributed by atoms with Crippen molar-refractivity contribution in [2.24, 2.45) is 5.92 Å². The van der Waals surface area contributed by atoms with Gasteiger partial charge in [-0.15, -0.1) is 11.6 Å². The lowest BCUT2D eigenvalue weighted by Crippen LogP contribution is -2.24. The van der Waals surface area contributed by atoms with Crippen molar-refractivity contribution in [2.45, 2.75) is 44.1 Å². The predicted molar refractivity (Wildman–Crippen MR) is 66.2 cm³/mol. The molecule has 2 aliphatic rings. The zero-order valence-electron chi connectivity index (χ0n) is 9.79. The van der Waals surface area contributed by atoms with Gasteiger partial charge in [-0.3, -0.25) is 0 Å². The molecule has 1 fully saturated rings. The van der Waals surface area contributed by atoms with Crippen molar-refractivity contribution in [2.75, 3.05) is 0 Å². The van der Waals surface area contributed by atoms with Crippen LogP contribution in [0.2, 0.25) is 0 Å². The first kappa shape index (κ1) is 10.5. The Morgan fingerprint density at radius 1 is 1.38 bits per heavy atom. The van der Waals surface area contributed by atoms with E-state index in [9.17, 15) is 0 Å². The molecule has 0 radical (unpaired) electrons. The summed E-state index contributed by atoms with van der Waals surface area (Å²) >= 11 is 6.44. The number of fused-ring (bicyclic) bond motifs is 1. The highest BCUT2D eigenvalue weighted by molar-refractivity contribution is 6.21. The average Bonchev–Trinajstić information content (AvgIpc) is 2.98. The largest absolute Gasteiger partial charge is 0.487 e. The van der Waals surface area contributed by atoms with Crippen LogP contribution >= 0.6 is 11.6 Å². The summed E-state index contributed by atoms with van der Waals surface area (Å²) in [4.78, 5) is 0. The Labute approximate surface area is 102 Å². The first-order chi connectivity index (χ1) is 7.55. The van der Waals surface area contributed by atoms with Crippen LogP contribution in [-0.2, 0) is 6.42 Å². The molecule has 1 aromatic carbocycles. The van der Waals surface area contributed by atoms with E-state index >= 15 is 0 Å². The molecule has 1 saturated carbocycles. The zero-order chi connectivity index (χ0) is 11.3. The molecule has 2 heteroatoms. The first-order valence-electron chi connectivity index (χ1n) is 6.01. The Kier molecular flexibility index (Phi) is 2.22. The number of hydrogen-bond donors (Lipinski definition) is 0. The highest BCUT2D eigenvalue weighted by Crippen LogP contribution is 2.46. The minimum Gasteiger partial charge on any atom is -0.487 e. The van der Waals surface area contributed by atoms with Crippen molar-refractivity contribution >= 4 is 11.6 Å². The Hall–Kier alpha value is -0.690. The molecule has 0 spiro atoms. The van der Waals surface area contributed by atoms with Crippen molar-refractivity contribution < 1.29 is 4.74 Å². The van der Waals surface area contributed by atoms with Crippen LogP contribution in [0.1, 0.15) is 43.2 Å². The number of alkyl halides is 1. The Bertz CT molecular complexity index is 421. The lowest BCUT2D eigenvalue weighted by Gasteiger charge is -2.16. The van der Waals surface area contributed by atoms with Gasteiger partial charge in [0.15, 0.2) is 0 Å². The van der Waals surface area contributed by atoms with E-state index in [1.54, 1.807) is 0 Å². The summed E-state index contributed by atoms with van der Waals surface area (Å²) in [5.41, 5.74) is 2.53. The maximum absolute atomic E-state index is 6.44. The number of hydrogen-bond acceptors (Lipinski definition) is 1. The van der Waals surface area contributed by atoms with E-state index in [-0.39, 0.29) is 11.0 Å². The standard InChI is InChI=1S/C14H17ClO/c1-14(2)8-11-7-10(5-6-12(11)16-14)13(15)9-3-4-9/h5-7,9,13H,3-4,8H2,1-2H3. The Morgan fingerprint density at radius 3 is 2.81 bits per heavy atom. The minimum atomic E-state index is -0.0532. The van der Waals surface area contributed by atoms with E-state index in [0.717, 1.165) is 12.2 Å². The van der Waals surface area contributed by atoms with Gasteiger partial charge >= 0.3 is 0 Å². The predicted octanol–water partition coefficient (Wildman–Crippen LogP) is 4.09. The third-order valence-corrected chi connectivity index (χ3v) is 4.05. The quantitative estimate of drug-likeness (QED) is 0.703. The lowest BCUT2D eigenvalue weighted by atomic mass is 9.98. The summed E-state index contributed by atoms with van der Waals surface area (Å²) in [5.74, 6) is 1.74. The van der Waals surface area contributed by atoms with Gasteiger partial charge in [0.2, 0.25) is 0 Å². The highest BCUT2D eigenvalue weighted by Gasteiger charge is 2.33. The van der Waals surface area contributed by atoms with E-state index in [1.807, 2.05) is 0 Å². The van der Waals surface area contributed by atoms with Gasteiger partial charge in [0.25, 0.3) is 0 Å². The number of benzene rings is 1. The van der Waals surface area contributed by atoms with Crippen LogP contribution in [0.25, 0.3) is 0 Å². The zero-order valence-corrected chi connectivity index (χ0v) is 10.6. The van der Waals surface area contributed by atoms with Crippen LogP contribution in [0.4, 0.5) is 0 Å². The van der Waals surface area contributed by atoms with E-state index in [1.165, 1.54) is 24.0 Å². The Morgan fingerprint density at radius 2 is 2.12 bits per heavy atom. The second kappa shape index (κ2) is 3.40. The smallest absolute Gasteiger partial charge is 0.123 e. The molecule has 86 valence electrons. The molecule has 0 bridgehead atoms. The molecule has 0 amide bonds. The van der Waals surface area contributed by atoms with Crippen molar-refractivity contribution in [3.8, 4) is 5.75 Å². The lowest BCUT2D eigenvalue weighted by molar-refractivity contribution is 0.138. The SMILES string of the molecule is CC1(C)Cc2cc(C(Cl)C3CC3)ccc2O1. The molecule has 0 N–H and O–H groups in total. The van der Waals surface area contributed by atoms with Crippen LogP contribution in [-0.4, -0.2) is 5.60 Å². The van der Waals surface area contributed by atoms with E-state index in [2.05, 4.69) is 32.0 Å². The van der Waals surface area contributed by atoms with Crippen molar-refractivity contribution in [3.63, 3.8) is 0 Å². The summed E-state index contributed by atoms with van der Waals surface area (Å²) in [6.45, 7) is 4.26. The molecule has 1 aliphatic carbocycles. The summed E-state index contributed by atoms with van der Waals surface area (Å²) in [5, 5.41) is 0.203. The van der Waals surface area contributed by atoms with Gasteiger partial charge in [-0.25, -0.2) is 0 Å². The second-order valence-electron chi connectivity index (χ2n) is 5.64. The Balaban J connectivity index is 1.89. The maximum atomic E-state index is 6.44. The molecule has 0 aromatic heterocycles. The molecular weight excluding hydrogens is 220 g/mol. The summed E-state index contributed by atoms with van der Waals surface area (Å²) < 4.78 is 5.86. The number of halogens is 1. The van der Waals surface area contributed by atoms with Crippen LogP contribution in [0, 0.1) is 5.92 Å². The molecule has 1 heterocycles. The molecule has 0 saturated heterocycles. The summed E-state index contributed by atoms with van der Waals surface area (Å²) in [7, 11) is 0. The highest BCUT2D eigenvalue weighted by atomic mass is 35.5. The fourth-order valence-corrected chi connectivity index (χ4v) is 2.85. The third kappa shape index (κ3) is 1.82. The topological polar surface area (TPSA) is 9.23 Å².